The topological polar surface area (TPSA) is 125 Å². The normalized spacial score (nSPS) is 22.5. The average Bonchev–Trinajstić information content (AvgIpc) is 2.84. The molecule has 2 saturated heterocycles. The van der Waals surface area contributed by atoms with Gasteiger partial charge in [-0.05, 0) is 25.0 Å². The van der Waals surface area contributed by atoms with Gasteiger partial charge in [0.15, 0.2) is 0 Å². The van der Waals surface area contributed by atoms with E-state index in [0.717, 1.165) is 9.80 Å². The largest absolute Gasteiger partial charge is 0.418 e. The number of fused-ring (bicyclic) bond motifs is 2. The second kappa shape index (κ2) is 6.67. The van der Waals surface area contributed by atoms with Crippen LogP contribution < -0.4 is 0 Å². The van der Waals surface area contributed by atoms with Gasteiger partial charge in [-0.25, -0.2) is 4.79 Å². The van der Waals surface area contributed by atoms with Crippen molar-refractivity contribution in [3.63, 3.8) is 0 Å². The molecule has 3 rings (SSSR count). The van der Waals surface area contributed by atoms with Crippen LogP contribution in [0.15, 0.2) is 30.3 Å². The average molecular weight is 383 g/mol. The lowest BCUT2D eigenvalue weighted by Gasteiger charge is -2.31. The Kier molecular flexibility index (Phi) is 4.69. The van der Waals surface area contributed by atoms with Crippen LogP contribution in [-0.4, -0.2) is 71.4 Å². The van der Waals surface area contributed by atoms with Crippen molar-refractivity contribution in [2.24, 2.45) is 0 Å². The van der Waals surface area contributed by atoms with Gasteiger partial charge in [0.2, 0.25) is 0 Å². The lowest BCUT2D eigenvalue weighted by Crippen LogP contribution is -2.51. The van der Waals surface area contributed by atoms with E-state index in [1.54, 1.807) is 30.3 Å². The number of urea groups is 1. The van der Waals surface area contributed by atoms with Crippen LogP contribution in [0.3, 0.4) is 0 Å². The summed E-state index contributed by atoms with van der Waals surface area (Å²) in [5.74, 6) is -1.07. The Balaban J connectivity index is 1.75. The molecule has 0 saturated carbocycles. The molecule has 0 unspecified atom stereocenters. The SMILES string of the molecule is CN(C(=O)c1ccccc1)C(=O)[C@@H]1CC[C@@H]2CN1C(=O)N2OS(=O)(=O)O. The number of imide groups is 1. The molecule has 1 aromatic carbocycles. The summed E-state index contributed by atoms with van der Waals surface area (Å²) in [6.07, 6.45) is 0.536. The molecule has 2 aliphatic heterocycles. The Morgan fingerprint density at radius 3 is 2.50 bits per heavy atom. The Labute approximate surface area is 149 Å². The second-order valence-electron chi connectivity index (χ2n) is 6.08. The minimum Gasteiger partial charge on any atom is -0.309 e. The zero-order chi connectivity index (χ0) is 19.1. The molecule has 2 fully saturated rings. The van der Waals surface area contributed by atoms with E-state index in [1.807, 2.05) is 0 Å². The fourth-order valence-electron chi connectivity index (χ4n) is 3.19. The fraction of sp³-hybridized carbons (Fsp3) is 0.400. The first kappa shape index (κ1) is 18.3. The molecule has 1 N–H and O–H groups in total. The summed E-state index contributed by atoms with van der Waals surface area (Å²) in [6.45, 7) is 0.0676. The van der Waals surface area contributed by atoms with Crippen molar-refractivity contribution in [2.75, 3.05) is 13.6 Å². The van der Waals surface area contributed by atoms with Crippen LogP contribution in [0.25, 0.3) is 0 Å². The van der Waals surface area contributed by atoms with Crippen molar-refractivity contribution in [3.8, 4) is 0 Å². The molecular weight excluding hydrogens is 366 g/mol. The Morgan fingerprint density at radius 2 is 1.88 bits per heavy atom. The van der Waals surface area contributed by atoms with E-state index in [2.05, 4.69) is 4.28 Å². The number of rotatable bonds is 4. The zero-order valence-corrected chi connectivity index (χ0v) is 14.6. The highest BCUT2D eigenvalue weighted by atomic mass is 32.3. The van der Waals surface area contributed by atoms with Gasteiger partial charge in [-0.15, -0.1) is 4.28 Å². The van der Waals surface area contributed by atoms with Crippen LogP contribution in [-0.2, 0) is 19.5 Å². The van der Waals surface area contributed by atoms with Crippen molar-refractivity contribution in [2.45, 2.75) is 24.9 Å². The van der Waals surface area contributed by atoms with Crippen LogP contribution >= 0.6 is 0 Å². The number of piperidine rings is 1. The van der Waals surface area contributed by atoms with E-state index < -0.39 is 40.3 Å². The molecule has 10 nitrogen and oxygen atoms in total. The van der Waals surface area contributed by atoms with Gasteiger partial charge in [0, 0.05) is 19.2 Å². The number of hydrogen-bond acceptors (Lipinski definition) is 6. The van der Waals surface area contributed by atoms with Crippen molar-refractivity contribution in [3.05, 3.63) is 35.9 Å². The second-order valence-corrected chi connectivity index (χ2v) is 7.08. The van der Waals surface area contributed by atoms with E-state index in [1.165, 1.54) is 7.05 Å². The van der Waals surface area contributed by atoms with Crippen molar-refractivity contribution in [1.29, 1.82) is 0 Å². The molecule has 26 heavy (non-hydrogen) atoms. The third-order valence-corrected chi connectivity index (χ3v) is 4.79. The highest BCUT2D eigenvalue weighted by Gasteiger charge is 2.50. The number of nitrogens with zero attached hydrogens (tertiary/aromatic N) is 3. The summed E-state index contributed by atoms with van der Waals surface area (Å²) in [5.41, 5.74) is 0.334. The standard InChI is InChI=1S/C15H17N3O7S/c1-16(13(19)10-5-3-2-4-6-10)14(20)12-8-7-11-9-17(12)15(21)18(11)25-26(22,23)24/h2-6,11-12H,7-9H2,1H3,(H,22,23,24)/t11-,12+/m1/s1. The maximum Gasteiger partial charge on any atom is 0.418 e. The van der Waals surface area contributed by atoms with Gasteiger partial charge < -0.3 is 4.90 Å². The van der Waals surface area contributed by atoms with Crippen molar-refractivity contribution < 1.29 is 31.6 Å². The molecule has 2 heterocycles. The van der Waals surface area contributed by atoms with Gasteiger partial charge in [-0.1, -0.05) is 18.2 Å². The summed E-state index contributed by atoms with van der Waals surface area (Å²) in [7, 11) is -3.52. The molecule has 0 aromatic heterocycles. The number of hydroxylamine groups is 2. The molecule has 0 spiro atoms. The number of likely N-dealkylation sites (N-methyl/N-ethyl adjacent to an activating group) is 1. The summed E-state index contributed by atoms with van der Waals surface area (Å²) >= 11 is 0. The summed E-state index contributed by atoms with van der Waals surface area (Å²) < 4.78 is 34.9. The Hall–Kier alpha value is -2.50. The minimum absolute atomic E-state index is 0.0676. The van der Waals surface area contributed by atoms with Gasteiger partial charge in [0.05, 0.1) is 6.04 Å². The predicted molar refractivity (Wildman–Crippen MR) is 86.9 cm³/mol. The van der Waals surface area contributed by atoms with Gasteiger partial charge in [0.25, 0.3) is 11.8 Å². The fourth-order valence-corrected chi connectivity index (χ4v) is 3.57. The number of benzene rings is 1. The smallest absolute Gasteiger partial charge is 0.309 e. The van der Waals surface area contributed by atoms with Crippen LogP contribution in [0, 0.1) is 0 Å². The molecular formula is C15H17N3O7S. The third kappa shape index (κ3) is 3.41. The monoisotopic (exact) mass is 383 g/mol. The maximum atomic E-state index is 12.7. The minimum atomic E-state index is -4.85. The van der Waals surface area contributed by atoms with Crippen LogP contribution in [0.5, 0.6) is 0 Å². The predicted octanol–water partition coefficient (Wildman–Crippen LogP) is 0.288. The Bertz CT molecular complexity index is 842. The van der Waals surface area contributed by atoms with Crippen LogP contribution in [0.1, 0.15) is 23.2 Å². The molecule has 2 bridgehead atoms. The number of hydrogen-bond donors (Lipinski definition) is 1. The number of amides is 4. The molecule has 2 aliphatic rings. The summed E-state index contributed by atoms with van der Waals surface area (Å²) in [6, 6.07) is 5.89. The first-order valence-electron chi connectivity index (χ1n) is 7.83. The molecule has 1 aromatic rings. The third-order valence-electron chi connectivity index (χ3n) is 4.44. The maximum absolute atomic E-state index is 12.7. The van der Waals surface area contributed by atoms with E-state index in [0.29, 0.717) is 17.0 Å². The molecule has 0 aliphatic carbocycles. The summed E-state index contributed by atoms with van der Waals surface area (Å²) in [5, 5.41) is 0.557. The number of carbonyl (C=O) groups is 3. The molecule has 11 heteroatoms. The lowest BCUT2D eigenvalue weighted by atomic mass is 9.99. The van der Waals surface area contributed by atoms with Gasteiger partial charge in [-0.2, -0.15) is 13.5 Å². The highest BCUT2D eigenvalue weighted by molar-refractivity contribution is 7.80. The zero-order valence-electron chi connectivity index (χ0n) is 13.8. The number of carbonyl (C=O) groups excluding carboxylic acids is 3. The van der Waals surface area contributed by atoms with E-state index in [9.17, 15) is 22.8 Å². The van der Waals surface area contributed by atoms with Crippen LogP contribution in [0.2, 0.25) is 0 Å². The molecule has 4 amide bonds. The summed E-state index contributed by atoms with van der Waals surface area (Å²) in [4.78, 5) is 39.6. The quantitative estimate of drug-likeness (QED) is 0.585. The van der Waals surface area contributed by atoms with E-state index in [-0.39, 0.29) is 13.0 Å². The van der Waals surface area contributed by atoms with E-state index >= 15 is 0 Å². The Morgan fingerprint density at radius 1 is 1.23 bits per heavy atom. The van der Waals surface area contributed by atoms with Gasteiger partial charge >= 0.3 is 16.4 Å². The van der Waals surface area contributed by atoms with Crippen molar-refractivity contribution in [1.82, 2.24) is 14.9 Å². The molecule has 0 radical (unpaired) electrons. The first-order valence-corrected chi connectivity index (χ1v) is 9.19. The molecule has 140 valence electrons. The van der Waals surface area contributed by atoms with Crippen LogP contribution in [0.4, 0.5) is 4.79 Å². The van der Waals surface area contributed by atoms with E-state index in [4.69, 9.17) is 4.55 Å². The molecule has 2 atom stereocenters. The van der Waals surface area contributed by atoms with Gasteiger partial charge in [-0.3, -0.25) is 19.0 Å². The van der Waals surface area contributed by atoms with Gasteiger partial charge in [0.1, 0.15) is 6.04 Å². The van der Waals surface area contributed by atoms with Crippen molar-refractivity contribution >= 4 is 28.2 Å². The highest BCUT2D eigenvalue weighted by Crippen LogP contribution is 2.31. The lowest BCUT2D eigenvalue weighted by molar-refractivity contribution is -0.132. The first-order chi connectivity index (χ1) is 12.2.